The van der Waals surface area contributed by atoms with Crippen LogP contribution in [0.2, 0.25) is 0 Å². The van der Waals surface area contributed by atoms with E-state index in [9.17, 15) is 29.1 Å². The number of likely N-dealkylation sites (tertiary alicyclic amines) is 1. The van der Waals surface area contributed by atoms with Crippen molar-refractivity contribution in [3.8, 4) is 0 Å². The first-order chi connectivity index (χ1) is 17.7. The Hall–Kier alpha value is -4.21. The number of rotatable bonds is 8. The minimum absolute atomic E-state index is 0.0362. The summed E-state index contributed by atoms with van der Waals surface area (Å²) in [6, 6.07) is 12.3. The molecular weight excluding hydrogens is 476 g/mol. The van der Waals surface area contributed by atoms with Crippen molar-refractivity contribution in [2.24, 2.45) is 5.92 Å². The number of nitrogens with one attached hydrogen (secondary N) is 2. The molecule has 1 aromatic heterocycles. The van der Waals surface area contributed by atoms with Gasteiger partial charge in [-0.3, -0.25) is 14.4 Å². The smallest absolute Gasteiger partial charge is 0.329 e. The molecule has 10 heteroatoms. The first-order valence-electron chi connectivity index (χ1n) is 12.3. The van der Waals surface area contributed by atoms with Crippen molar-refractivity contribution in [2.75, 3.05) is 6.54 Å². The Bertz CT molecular complexity index is 1430. The Morgan fingerprint density at radius 2 is 1.73 bits per heavy atom. The molecule has 2 heterocycles. The maximum Gasteiger partial charge on any atom is 0.329 e. The summed E-state index contributed by atoms with van der Waals surface area (Å²) in [5.41, 5.74) is -0.275. The highest BCUT2D eigenvalue weighted by Crippen LogP contribution is 2.21. The van der Waals surface area contributed by atoms with Crippen LogP contribution in [0.3, 0.4) is 0 Å². The number of carbonyl (C=O) groups excluding carboxylic acids is 2. The highest BCUT2D eigenvalue weighted by atomic mass is 16.4. The van der Waals surface area contributed by atoms with Crippen LogP contribution >= 0.6 is 0 Å². The molecule has 0 bridgehead atoms. The topological polar surface area (TPSA) is 142 Å². The zero-order valence-electron chi connectivity index (χ0n) is 20.7. The number of aromatic amines is 1. The van der Waals surface area contributed by atoms with E-state index in [0.717, 1.165) is 10.1 Å². The summed E-state index contributed by atoms with van der Waals surface area (Å²) in [7, 11) is 0. The molecule has 0 spiro atoms. The largest absolute Gasteiger partial charge is 0.480 e. The molecule has 1 saturated heterocycles. The number of carboxylic acids is 1. The molecule has 10 nitrogen and oxygen atoms in total. The number of hydrogen-bond donors (Lipinski definition) is 3. The molecule has 37 heavy (non-hydrogen) atoms. The fourth-order valence-corrected chi connectivity index (χ4v) is 4.83. The molecule has 3 N–H and O–H groups in total. The zero-order valence-corrected chi connectivity index (χ0v) is 20.7. The number of aliphatic carboxylic acids is 1. The van der Waals surface area contributed by atoms with E-state index in [-0.39, 0.29) is 24.3 Å². The summed E-state index contributed by atoms with van der Waals surface area (Å²) in [5, 5.41) is 12.5. The Balaban J connectivity index is 1.73. The molecule has 1 aliphatic rings. The van der Waals surface area contributed by atoms with Gasteiger partial charge < -0.3 is 20.3 Å². The summed E-state index contributed by atoms with van der Waals surface area (Å²) in [6.07, 6.45) is 0.937. The minimum atomic E-state index is -1.24. The van der Waals surface area contributed by atoms with Gasteiger partial charge in [-0.1, -0.05) is 56.3 Å². The van der Waals surface area contributed by atoms with Gasteiger partial charge in [0.25, 0.3) is 5.56 Å². The van der Waals surface area contributed by atoms with Crippen LogP contribution in [-0.4, -0.2) is 56.0 Å². The number of carboxylic acid groups (broad SMARTS) is 1. The van der Waals surface area contributed by atoms with Crippen molar-refractivity contribution in [1.82, 2.24) is 19.8 Å². The normalized spacial score (nSPS) is 17.1. The van der Waals surface area contributed by atoms with Crippen LogP contribution in [-0.2, 0) is 20.8 Å². The first kappa shape index (κ1) is 25.9. The molecule has 1 fully saturated rings. The molecule has 1 aliphatic heterocycles. The third-order valence-electron chi connectivity index (χ3n) is 6.77. The lowest BCUT2D eigenvalue weighted by Crippen LogP contribution is -2.56. The van der Waals surface area contributed by atoms with Crippen molar-refractivity contribution >= 4 is 28.7 Å². The fourth-order valence-electron chi connectivity index (χ4n) is 4.83. The number of carbonyl (C=O) groups is 3. The number of para-hydroxylation sites is 1. The standard InChI is InChI=1S/C27H30N4O6/c1-16(2)22(25(34)30-14-8-13-20(30)26(35)36)29-23(32)21(15-17-9-4-3-5-10-17)31-24(33)18-11-6-7-12-19(18)28-27(31)37/h3-7,9-12,16,20-22H,8,13-15H2,1-2H3,(H,28,37)(H,29,32)(H,35,36)/t20-,21-,22-/m0/s1. The monoisotopic (exact) mass is 506 g/mol. The Labute approximate surface area is 212 Å². The van der Waals surface area contributed by atoms with Crippen molar-refractivity contribution in [3.05, 3.63) is 81.0 Å². The summed E-state index contributed by atoms with van der Waals surface area (Å²) in [5.74, 6) is -2.62. The van der Waals surface area contributed by atoms with E-state index in [4.69, 9.17) is 0 Å². The first-order valence-corrected chi connectivity index (χ1v) is 12.3. The predicted octanol–water partition coefficient (Wildman–Crippen LogP) is 1.69. The number of hydrogen-bond acceptors (Lipinski definition) is 5. The Morgan fingerprint density at radius 1 is 1.05 bits per heavy atom. The van der Waals surface area contributed by atoms with Gasteiger partial charge in [-0.05, 0) is 36.5 Å². The van der Waals surface area contributed by atoms with Crippen LogP contribution in [0, 0.1) is 5.92 Å². The highest BCUT2D eigenvalue weighted by Gasteiger charge is 2.39. The molecule has 0 unspecified atom stereocenters. The van der Waals surface area contributed by atoms with Crippen molar-refractivity contribution in [2.45, 2.75) is 51.2 Å². The lowest BCUT2D eigenvalue weighted by Gasteiger charge is -2.30. The summed E-state index contributed by atoms with van der Waals surface area (Å²) in [4.78, 5) is 69.2. The quantitative estimate of drug-likeness (QED) is 0.425. The fraction of sp³-hybridized carbons (Fsp3) is 0.370. The molecule has 194 valence electrons. The van der Waals surface area contributed by atoms with Gasteiger partial charge in [-0.25, -0.2) is 14.2 Å². The van der Waals surface area contributed by atoms with Crippen molar-refractivity contribution in [3.63, 3.8) is 0 Å². The van der Waals surface area contributed by atoms with Gasteiger partial charge in [-0.2, -0.15) is 0 Å². The van der Waals surface area contributed by atoms with Crippen LogP contribution in [0.25, 0.3) is 10.9 Å². The van der Waals surface area contributed by atoms with E-state index in [1.165, 1.54) is 4.90 Å². The van der Waals surface area contributed by atoms with Crippen molar-refractivity contribution < 1.29 is 19.5 Å². The van der Waals surface area contributed by atoms with Crippen LogP contribution in [0.4, 0.5) is 0 Å². The van der Waals surface area contributed by atoms with Gasteiger partial charge in [-0.15, -0.1) is 0 Å². The van der Waals surface area contributed by atoms with Gasteiger partial charge in [0.15, 0.2) is 0 Å². The number of amides is 2. The lowest BCUT2D eigenvalue weighted by molar-refractivity contribution is -0.150. The SMILES string of the molecule is CC(C)[C@H](NC(=O)[C@H](Cc1ccccc1)n1c(=O)[nH]c2ccccc2c1=O)C(=O)N1CCC[C@H]1C(=O)O. The molecular formula is C27H30N4O6. The molecule has 3 aromatic rings. The lowest BCUT2D eigenvalue weighted by atomic mass is 10.00. The molecule has 0 saturated carbocycles. The van der Waals surface area contributed by atoms with Crippen LogP contribution in [0.5, 0.6) is 0 Å². The summed E-state index contributed by atoms with van der Waals surface area (Å²) >= 11 is 0. The van der Waals surface area contributed by atoms with E-state index in [2.05, 4.69) is 10.3 Å². The van der Waals surface area contributed by atoms with Gasteiger partial charge in [0.05, 0.1) is 10.9 Å². The number of benzene rings is 2. The van der Waals surface area contributed by atoms with Gasteiger partial charge >= 0.3 is 11.7 Å². The van der Waals surface area contributed by atoms with E-state index in [1.54, 1.807) is 62.4 Å². The zero-order chi connectivity index (χ0) is 26.7. The number of aromatic nitrogens is 2. The minimum Gasteiger partial charge on any atom is -0.480 e. The van der Waals surface area contributed by atoms with Gasteiger partial charge in [0, 0.05) is 13.0 Å². The predicted molar refractivity (Wildman–Crippen MR) is 137 cm³/mol. The Kier molecular flexibility index (Phi) is 7.56. The van der Waals surface area contributed by atoms with Crippen LogP contribution in [0.1, 0.15) is 38.3 Å². The van der Waals surface area contributed by atoms with Crippen molar-refractivity contribution in [1.29, 1.82) is 0 Å². The third-order valence-corrected chi connectivity index (χ3v) is 6.77. The maximum atomic E-state index is 13.7. The van der Waals surface area contributed by atoms with Crippen LogP contribution < -0.4 is 16.6 Å². The molecule has 4 rings (SSSR count). The molecule has 2 amide bonds. The number of nitrogens with zero attached hydrogens (tertiary/aromatic N) is 2. The number of fused-ring (bicyclic) bond motifs is 1. The second-order valence-corrected chi connectivity index (χ2v) is 9.61. The highest BCUT2D eigenvalue weighted by molar-refractivity contribution is 5.92. The Morgan fingerprint density at radius 3 is 2.41 bits per heavy atom. The van der Waals surface area contributed by atoms with E-state index >= 15 is 0 Å². The van der Waals surface area contributed by atoms with E-state index < -0.39 is 47.2 Å². The average molecular weight is 507 g/mol. The molecule has 2 aromatic carbocycles. The molecule has 0 radical (unpaired) electrons. The van der Waals surface area contributed by atoms with Crippen LogP contribution in [0.15, 0.2) is 64.2 Å². The average Bonchev–Trinajstić information content (AvgIpc) is 3.37. The second kappa shape index (κ2) is 10.8. The number of H-pyrrole nitrogens is 1. The molecule has 0 aliphatic carbocycles. The van der Waals surface area contributed by atoms with E-state index in [1.807, 2.05) is 6.07 Å². The maximum absolute atomic E-state index is 13.7. The van der Waals surface area contributed by atoms with E-state index in [0.29, 0.717) is 18.4 Å². The van der Waals surface area contributed by atoms with Gasteiger partial charge in [0.1, 0.15) is 18.1 Å². The van der Waals surface area contributed by atoms with Gasteiger partial charge in [0.2, 0.25) is 11.8 Å². The third kappa shape index (κ3) is 5.32. The summed E-state index contributed by atoms with van der Waals surface area (Å²) in [6.45, 7) is 3.78. The summed E-state index contributed by atoms with van der Waals surface area (Å²) < 4.78 is 0.891. The molecule has 3 atom stereocenters. The second-order valence-electron chi connectivity index (χ2n) is 9.61.